The van der Waals surface area contributed by atoms with Crippen LogP contribution in [0, 0.1) is 0 Å². The first kappa shape index (κ1) is 19.5. The zero-order chi connectivity index (χ0) is 20.1. The van der Waals surface area contributed by atoms with Crippen LogP contribution in [-0.4, -0.2) is 39.2 Å². The fraction of sp³-hybridized carbons (Fsp3) is 0.333. The average Bonchev–Trinajstić information content (AvgIpc) is 3.54. The molecule has 0 unspecified atom stereocenters. The van der Waals surface area contributed by atoms with Gasteiger partial charge >= 0.3 is 5.97 Å². The van der Waals surface area contributed by atoms with Crippen molar-refractivity contribution in [2.45, 2.75) is 25.0 Å². The zero-order valence-corrected chi connectivity index (χ0v) is 16.1. The van der Waals surface area contributed by atoms with E-state index in [1.165, 1.54) is 27.4 Å². The van der Waals surface area contributed by atoms with Gasteiger partial charge in [0.25, 0.3) is 5.91 Å². The molecule has 1 amide bonds. The molecule has 0 radical (unpaired) electrons. The Kier molecular flexibility index (Phi) is 6.03. The van der Waals surface area contributed by atoms with Crippen molar-refractivity contribution in [1.29, 1.82) is 0 Å². The summed E-state index contributed by atoms with van der Waals surface area (Å²) in [6, 6.07) is 12.1. The number of rotatable bonds is 8. The van der Waals surface area contributed by atoms with E-state index >= 15 is 0 Å². The Labute approximate surface area is 163 Å². The first-order valence-electron chi connectivity index (χ1n) is 8.94. The maximum Gasteiger partial charge on any atom is 0.343 e. The van der Waals surface area contributed by atoms with E-state index in [9.17, 15) is 9.59 Å². The molecule has 7 nitrogen and oxygen atoms in total. The minimum absolute atomic E-state index is 0.139. The van der Waals surface area contributed by atoms with E-state index in [4.69, 9.17) is 18.9 Å². The summed E-state index contributed by atoms with van der Waals surface area (Å²) in [5, 5.41) is 2.89. The predicted molar refractivity (Wildman–Crippen MR) is 102 cm³/mol. The summed E-state index contributed by atoms with van der Waals surface area (Å²) in [6.07, 6.45) is 0.808. The van der Waals surface area contributed by atoms with Crippen molar-refractivity contribution in [1.82, 2.24) is 5.32 Å². The van der Waals surface area contributed by atoms with Gasteiger partial charge in [0.1, 0.15) is 5.56 Å². The quantitative estimate of drug-likeness (QED) is 0.704. The Morgan fingerprint density at radius 2 is 1.61 bits per heavy atom. The maximum atomic E-state index is 12.9. The van der Waals surface area contributed by atoms with E-state index in [2.05, 4.69) is 5.32 Å². The molecule has 7 heteroatoms. The number of carbonyl (C=O) groups excluding carboxylic acids is 2. The highest BCUT2D eigenvalue weighted by Crippen LogP contribution is 2.40. The molecule has 148 valence electrons. The van der Waals surface area contributed by atoms with Gasteiger partial charge in [-0.15, -0.1) is 0 Å². The van der Waals surface area contributed by atoms with E-state index < -0.39 is 12.1 Å². The lowest BCUT2D eigenvalue weighted by molar-refractivity contribution is -0.130. The molecule has 1 N–H and O–H groups in total. The molecule has 3 rings (SSSR count). The van der Waals surface area contributed by atoms with E-state index in [1.807, 2.05) is 6.07 Å². The number of carbonyl (C=O) groups is 2. The number of nitrogens with one attached hydrogen (secondary N) is 1. The van der Waals surface area contributed by atoms with Crippen molar-refractivity contribution in [3.8, 4) is 17.2 Å². The topological polar surface area (TPSA) is 83.1 Å². The number of esters is 1. The Hall–Kier alpha value is -3.22. The third-order valence-electron chi connectivity index (χ3n) is 4.41. The molecule has 0 saturated heterocycles. The Balaban J connectivity index is 1.90. The van der Waals surface area contributed by atoms with Crippen molar-refractivity contribution in [2.75, 3.05) is 21.3 Å². The smallest absolute Gasteiger partial charge is 0.343 e. The second-order valence-electron chi connectivity index (χ2n) is 6.36. The molecule has 2 aromatic rings. The van der Waals surface area contributed by atoms with Gasteiger partial charge in [0.2, 0.25) is 11.9 Å². The van der Waals surface area contributed by atoms with Gasteiger partial charge in [-0.1, -0.05) is 30.3 Å². The number of hydrogen-bond acceptors (Lipinski definition) is 6. The molecule has 1 fully saturated rings. The zero-order valence-electron chi connectivity index (χ0n) is 16.1. The van der Waals surface area contributed by atoms with Crippen LogP contribution in [0.5, 0.6) is 17.2 Å². The summed E-state index contributed by atoms with van der Waals surface area (Å²) in [7, 11) is 4.36. The number of benzene rings is 2. The van der Waals surface area contributed by atoms with E-state index in [1.54, 1.807) is 30.3 Å². The van der Waals surface area contributed by atoms with Gasteiger partial charge in [0.05, 0.1) is 21.3 Å². The normalized spacial score (nSPS) is 14.0. The summed E-state index contributed by atoms with van der Waals surface area (Å²) >= 11 is 0. The van der Waals surface area contributed by atoms with Crippen LogP contribution >= 0.6 is 0 Å². The Bertz CT molecular complexity index is 847. The van der Waals surface area contributed by atoms with Crippen LogP contribution in [0.2, 0.25) is 0 Å². The highest BCUT2D eigenvalue weighted by molar-refractivity contribution is 5.96. The Morgan fingerprint density at radius 1 is 0.929 bits per heavy atom. The molecule has 0 spiro atoms. The lowest BCUT2D eigenvalue weighted by Crippen LogP contribution is -2.33. The first-order chi connectivity index (χ1) is 13.6. The van der Waals surface area contributed by atoms with E-state index in [0.717, 1.165) is 12.8 Å². The third-order valence-corrected chi connectivity index (χ3v) is 4.41. The van der Waals surface area contributed by atoms with Crippen LogP contribution in [-0.2, 0) is 9.53 Å². The van der Waals surface area contributed by atoms with Gasteiger partial charge in [-0.3, -0.25) is 4.79 Å². The van der Waals surface area contributed by atoms with Gasteiger partial charge in [-0.05, 0) is 25.0 Å². The van der Waals surface area contributed by atoms with Crippen molar-refractivity contribution < 1.29 is 28.5 Å². The summed E-state index contributed by atoms with van der Waals surface area (Å²) < 4.78 is 21.5. The average molecular weight is 385 g/mol. The molecule has 2 aromatic carbocycles. The monoisotopic (exact) mass is 385 g/mol. The van der Waals surface area contributed by atoms with Gasteiger partial charge < -0.3 is 24.3 Å². The Morgan fingerprint density at radius 3 is 2.18 bits per heavy atom. The van der Waals surface area contributed by atoms with Gasteiger partial charge in [-0.2, -0.15) is 0 Å². The van der Waals surface area contributed by atoms with Crippen LogP contribution in [0.4, 0.5) is 0 Å². The fourth-order valence-corrected chi connectivity index (χ4v) is 2.84. The van der Waals surface area contributed by atoms with E-state index in [-0.39, 0.29) is 29.0 Å². The second-order valence-corrected chi connectivity index (χ2v) is 6.36. The minimum Gasteiger partial charge on any atom is -0.493 e. The molecule has 0 aromatic heterocycles. The summed E-state index contributed by atoms with van der Waals surface area (Å²) in [5.41, 5.74) is 0.730. The summed E-state index contributed by atoms with van der Waals surface area (Å²) in [4.78, 5) is 25.6. The molecule has 1 aliphatic rings. The highest BCUT2D eigenvalue weighted by atomic mass is 16.6. The van der Waals surface area contributed by atoms with Crippen LogP contribution in [0.25, 0.3) is 0 Å². The van der Waals surface area contributed by atoms with Gasteiger partial charge in [0, 0.05) is 11.6 Å². The van der Waals surface area contributed by atoms with Crippen LogP contribution in [0.3, 0.4) is 0 Å². The van der Waals surface area contributed by atoms with Crippen LogP contribution < -0.4 is 19.5 Å². The lowest BCUT2D eigenvalue weighted by atomic mass is 10.1. The molecule has 28 heavy (non-hydrogen) atoms. The largest absolute Gasteiger partial charge is 0.493 e. The molecular weight excluding hydrogens is 362 g/mol. The SMILES string of the molecule is COc1ccc(C(=O)O[C@@H](C(=O)NC2CC2)c2ccccc2)c(OC)c1OC. The maximum absolute atomic E-state index is 12.9. The van der Waals surface area contributed by atoms with Crippen molar-refractivity contribution in [3.05, 3.63) is 53.6 Å². The molecule has 1 saturated carbocycles. The highest BCUT2D eigenvalue weighted by Gasteiger charge is 2.32. The van der Waals surface area contributed by atoms with Gasteiger partial charge in [-0.25, -0.2) is 4.79 Å². The lowest BCUT2D eigenvalue weighted by Gasteiger charge is -2.20. The number of amides is 1. The van der Waals surface area contributed by atoms with Crippen molar-refractivity contribution >= 4 is 11.9 Å². The molecule has 0 heterocycles. The molecule has 1 aliphatic carbocycles. The van der Waals surface area contributed by atoms with Crippen molar-refractivity contribution in [2.24, 2.45) is 0 Å². The summed E-state index contributed by atoms with van der Waals surface area (Å²) in [6.45, 7) is 0. The third kappa shape index (κ3) is 4.19. The predicted octanol–water partition coefficient (Wildman–Crippen LogP) is 2.89. The minimum atomic E-state index is -1.06. The van der Waals surface area contributed by atoms with Crippen LogP contribution in [0.1, 0.15) is 34.9 Å². The van der Waals surface area contributed by atoms with E-state index in [0.29, 0.717) is 11.3 Å². The number of methoxy groups -OCH3 is 3. The second kappa shape index (κ2) is 8.65. The molecule has 0 aliphatic heterocycles. The standard InChI is InChI=1S/C21H23NO6/c1-25-16-12-11-15(18(26-2)19(16)27-3)21(24)28-17(13-7-5-4-6-8-13)20(23)22-14-9-10-14/h4-8,11-12,14,17H,9-10H2,1-3H3,(H,22,23)/t17-/m1/s1. The van der Waals surface area contributed by atoms with Crippen LogP contribution in [0.15, 0.2) is 42.5 Å². The summed E-state index contributed by atoms with van der Waals surface area (Å²) in [5.74, 6) is -0.166. The van der Waals surface area contributed by atoms with Crippen molar-refractivity contribution in [3.63, 3.8) is 0 Å². The molecule has 1 atom stereocenters. The van der Waals surface area contributed by atoms with Gasteiger partial charge in [0.15, 0.2) is 11.5 Å². The molecular formula is C21H23NO6. The number of ether oxygens (including phenoxy) is 4. The first-order valence-corrected chi connectivity index (χ1v) is 8.94. The fourth-order valence-electron chi connectivity index (χ4n) is 2.84. The number of hydrogen-bond donors (Lipinski definition) is 1. The molecule has 0 bridgehead atoms.